The largest absolute Gasteiger partial charge is 0.367 e. The number of carbonyl (C=O) groups is 1. The van der Waals surface area contributed by atoms with Crippen molar-refractivity contribution in [1.82, 2.24) is 30.7 Å². The molecule has 15 heavy (non-hydrogen) atoms. The normalized spacial score (nSPS) is 13.5. The molecule has 76 valence electrons. The van der Waals surface area contributed by atoms with Crippen LogP contribution in [0.15, 0.2) is 17.5 Å². The van der Waals surface area contributed by atoms with E-state index in [9.17, 15) is 4.79 Å². The van der Waals surface area contributed by atoms with Crippen molar-refractivity contribution in [3.63, 3.8) is 0 Å². The summed E-state index contributed by atoms with van der Waals surface area (Å²) in [6.07, 6.45) is 4.47. The Labute approximate surface area is 83.8 Å². The molecule has 0 radical (unpaired) electrons. The van der Waals surface area contributed by atoms with Gasteiger partial charge in [0.2, 0.25) is 5.65 Å². The number of H-pyrrole nitrogens is 1. The van der Waals surface area contributed by atoms with E-state index in [1.807, 2.05) is 0 Å². The first-order chi connectivity index (χ1) is 7.36. The minimum Gasteiger partial charge on any atom is -0.367 e. The summed E-state index contributed by atoms with van der Waals surface area (Å²) in [4.78, 5) is 20.9. The van der Waals surface area contributed by atoms with Gasteiger partial charge in [-0.25, -0.2) is 15.0 Å². The predicted molar refractivity (Wildman–Crippen MR) is 51.0 cm³/mol. The number of hydrogen-bond donors (Lipinski definition) is 2. The number of fused-ring (bicyclic) bond motifs is 1. The monoisotopic (exact) mass is 205 g/mol. The van der Waals surface area contributed by atoms with Gasteiger partial charge in [-0.15, -0.1) is 5.10 Å². The van der Waals surface area contributed by atoms with E-state index in [2.05, 4.69) is 35.7 Å². The Balaban J connectivity index is 0.000000124. The third-order valence-corrected chi connectivity index (χ3v) is 1.56. The van der Waals surface area contributed by atoms with E-state index in [0.717, 1.165) is 5.52 Å². The van der Waals surface area contributed by atoms with E-state index in [4.69, 9.17) is 0 Å². The summed E-state index contributed by atoms with van der Waals surface area (Å²) in [5.74, 6) is -0.0880. The van der Waals surface area contributed by atoms with Crippen molar-refractivity contribution < 1.29 is 4.79 Å². The van der Waals surface area contributed by atoms with Gasteiger partial charge in [0.15, 0.2) is 0 Å². The molecular weight excluding hydrogens is 198 g/mol. The molecule has 0 saturated carbocycles. The Morgan fingerprint density at radius 3 is 2.93 bits per heavy atom. The van der Waals surface area contributed by atoms with E-state index >= 15 is 0 Å². The van der Waals surface area contributed by atoms with Crippen molar-refractivity contribution >= 4 is 23.4 Å². The summed E-state index contributed by atoms with van der Waals surface area (Å²) in [5, 5.41) is 12.5. The standard InChI is InChI=1S/C4H3N5.C3H4N2O/c1-3-4(6-2-5-1)8-9-7-3;6-3-1-4-2-5-3/h1-2H,(H,5,6,7,8,9);2H,1H2,(H,4,5,6). The van der Waals surface area contributed by atoms with Gasteiger partial charge in [-0.1, -0.05) is 5.21 Å². The molecule has 8 heteroatoms. The third kappa shape index (κ3) is 2.30. The maximum absolute atomic E-state index is 9.98. The van der Waals surface area contributed by atoms with Gasteiger partial charge in [0.1, 0.15) is 11.8 Å². The number of nitrogens with zero attached hydrogens (tertiary/aromatic N) is 5. The number of rotatable bonds is 0. The molecule has 2 aromatic heterocycles. The van der Waals surface area contributed by atoms with Crippen molar-refractivity contribution in [3.05, 3.63) is 12.5 Å². The van der Waals surface area contributed by atoms with Crippen LogP contribution in [-0.2, 0) is 4.79 Å². The lowest BCUT2D eigenvalue weighted by molar-refractivity contribution is -0.116. The molecule has 0 atom stereocenters. The summed E-state index contributed by atoms with van der Waals surface area (Å²) in [6, 6.07) is 0. The van der Waals surface area contributed by atoms with Gasteiger partial charge >= 0.3 is 0 Å². The van der Waals surface area contributed by atoms with Gasteiger partial charge in [-0.05, 0) is 0 Å². The van der Waals surface area contributed by atoms with Crippen LogP contribution in [0.25, 0.3) is 11.2 Å². The fourth-order valence-corrected chi connectivity index (χ4v) is 0.904. The maximum atomic E-state index is 9.98. The average molecular weight is 205 g/mol. The molecule has 0 bridgehead atoms. The Hall–Kier alpha value is -2.38. The summed E-state index contributed by atoms with van der Waals surface area (Å²) < 4.78 is 0. The molecule has 0 saturated heterocycles. The summed E-state index contributed by atoms with van der Waals surface area (Å²) in [7, 11) is 0. The number of hydrogen-bond acceptors (Lipinski definition) is 6. The lowest BCUT2D eigenvalue weighted by Gasteiger charge is -1.78. The van der Waals surface area contributed by atoms with Crippen LogP contribution >= 0.6 is 0 Å². The van der Waals surface area contributed by atoms with E-state index < -0.39 is 0 Å². The predicted octanol–water partition coefficient (Wildman–Crippen LogP) is -1.11. The minimum absolute atomic E-state index is 0.0880. The molecule has 1 amide bonds. The molecule has 0 spiro atoms. The molecule has 0 aliphatic carbocycles. The second kappa shape index (κ2) is 4.22. The smallest absolute Gasteiger partial charge is 0.266 e. The molecule has 1 aliphatic rings. The van der Waals surface area contributed by atoms with E-state index in [1.165, 1.54) is 12.7 Å². The van der Waals surface area contributed by atoms with Crippen molar-refractivity contribution in [2.24, 2.45) is 4.99 Å². The number of amides is 1. The van der Waals surface area contributed by atoms with Crippen LogP contribution in [-0.4, -0.2) is 44.2 Å². The Morgan fingerprint density at radius 1 is 1.40 bits per heavy atom. The molecule has 2 N–H and O–H groups in total. The van der Waals surface area contributed by atoms with Gasteiger partial charge < -0.3 is 5.32 Å². The highest BCUT2D eigenvalue weighted by Gasteiger charge is 1.98. The fourth-order valence-electron chi connectivity index (χ4n) is 0.904. The first-order valence-corrected chi connectivity index (χ1v) is 4.12. The maximum Gasteiger partial charge on any atom is 0.266 e. The molecule has 3 rings (SSSR count). The molecular formula is C7H7N7O. The molecule has 1 aliphatic heterocycles. The van der Waals surface area contributed by atoms with Crippen LogP contribution in [0.2, 0.25) is 0 Å². The lowest BCUT2D eigenvalue weighted by atomic mass is 10.6. The van der Waals surface area contributed by atoms with Crippen molar-refractivity contribution in [2.75, 3.05) is 6.54 Å². The minimum atomic E-state index is -0.0880. The van der Waals surface area contributed by atoms with Crippen LogP contribution in [0.5, 0.6) is 0 Å². The Bertz CT molecular complexity index is 461. The SMILES string of the molecule is O=C1CNC=N1.c1ncc2[nH]nnc2n1. The van der Waals surface area contributed by atoms with Gasteiger partial charge in [0.05, 0.1) is 19.1 Å². The second-order valence-electron chi connectivity index (χ2n) is 2.60. The van der Waals surface area contributed by atoms with Gasteiger partial charge in [-0.2, -0.15) is 0 Å². The van der Waals surface area contributed by atoms with Crippen LogP contribution in [0.3, 0.4) is 0 Å². The zero-order valence-electron chi connectivity index (χ0n) is 7.58. The van der Waals surface area contributed by atoms with E-state index in [-0.39, 0.29) is 5.91 Å². The molecule has 3 heterocycles. The van der Waals surface area contributed by atoms with Crippen LogP contribution < -0.4 is 5.32 Å². The van der Waals surface area contributed by atoms with E-state index in [1.54, 1.807) is 6.20 Å². The summed E-state index contributed by atoms with van der Waals surface area (Å²) in [6.45, 7) is 0.375. The van der Waals surface area contributed by atoms with Crippen molar-refractivity contribution in [1.29, 1.82) is 0 Å². The molecule has 2 aromatic rings. The van der Waals surface area contributed by atoms with Gasteiger partial charge in [0.25, 0.3) is 5.91 Å². The average Bonchev–Trinajstić information content (AvgIpc) is 2.88. The highest BCUT2D eigenvalue weighted by Crippen LogP contribution is 1.96. The lowest BCUT2D eigenvalue weighted by Crippen LogP contribution is -2.09. The first-order valence-electron chi connectivity index (χ1n) is 4.12. The number of aromatic amines is 1. The summed E-state index contributed by atoms with van der Waals surface area (Å²) in [5.41, 5.74) is 1.36. The van der Waals surface area contributed by atoms with Crippen LogP contribution in [0.4, 0.5) is 0 Å². The highest BCUT2D eigenvalue weighted by atomic mass is 16.1. The summed E-state index contributed by atoms with van der Waals surface area (Å²) >= 11 is 0. The van der Waals surface area contributed by atoms with Gasteiger partial charge in [0, 0.05) is 0 Å². The molecule has 0 aromatic carbocycles. The Kier molecular flexibility index (Phi) is 2.59. The van der Waals surface area contributed by atoms with Crippen molar-refractivity contribution in [3.8, 4) is 0 Å². The quantitative estimate of drug-likeness (QED) is 0.564. The molecule has 0 unspecified atom stereocenters. The zero-order valence-corrected chi connectivity index (χ0v) is 7.58. The van der Waals surface area contributed by atoms with Crippen LogP contribution in [0.1, 0.15) is 0 Å². The molecule has 8 nitrogen and oxygen atoms in total. The zero-order chi connectivity index (χ0) is 10.5. The number of nitrogens with one attached hydrogen (secondary N) is 2. The topological polar surface area (TPSA) is 109 Å². The number of carbonyl (C=O) groups excluding carboxylic acids is 1. The number of aliphatic imine (C=N–C) groups is 1. The van der Waals surface area contributed by atoms with Crippen molar-refractivity contribution in [2.45, 2.75) is 0 Å². The number of aromatic nitrogens is 5. The molecule has 0 fully saturated rings. The van der Waals surface area contributed by atoms with Crippen LogP contribution in [0, 0.1) is 0 Å². The second-order valence-corrected chi connectivity index (χ2v) is 2.60. The fraction of sp³-hybridized carbons (Fsp3) is 0.143. The Morgan fingerprint density at radius 2 is 2.33 bits per heavy atom. The highest BCUT2D eigenvalue weighted by molar-refractivity contribution is 5.91. The van der Waals surface area contributed by atoms with E-state index in [0.29, 0.717) is 12.2 Å². The third-order valence-electron chi connectivity index (χ3n) is 1.56. The first kappa shape index (κ1) is 9.19. The van der Waals surface area contributed by atoms with Gasteiger partial charge in [-0.3, -0.25) is 9.89 Å².